The summed E-state index contributed by atoms with van der Waals surface area (Å²) >= 11 is 7.62. The minimum Gasteiger partial charge on any atom is -0.240 e. The summed E-state index contributed by atoms with van der Waals surface area (Å²) in [6.45, 7) is 1.94. The summed E-state index contributed by atoms with van der Waals surface area (Å²) in [5.41, 5.74) is 2.06. The van der Waals surface area contributed by atoms with Crippen LogP contribution in [0.2, 0.25) is 4.34 Å². The molecule has 1 aromatic heterocycles. The van der Waals surface area contributed by atoms with Gasteiger partial charge in [0.2, 0.25) is 0 Å². The van der Waals surface area contributed by atoms with Crippen molar-refractivity contribution in [1.82, 2.24) is 4.98 Å². The van der Waals surface area contributed by atoms with Crippen LogP contribution in [0.15, 0.2) is 42.5 Å². The van der Waals surface area contributed by atoms with Gasteiger partial charge in [0, 0.05) is 5.56 Å². The van der Waals surface area contributed by atoms with Gasteiger partial charge in [-0.2, -0.15) is 0 Å². The Kier molecular flexibility index (Phi) is 2.61. The molecule has 1 heterocycles. The third-order valence-electron chi connectivity index (χ3n) is 2.76. The van der Waals surface area contributed by atoms with E-state index >= 15 is 0 Å². The molecule has 0 spiro atoms. The molecule has 3 aromatic rings. The predicted octanol–water partition coefficient (Wildman–Crippen LogP) is 4.93. The van der Waals surface area contributed by atoms with Crippen molar-refractivity contribution in [2.75, 3.05) is 0 Å². The monoisotopic (exact) mass is 259 g/mol. The number of hydrogen-bond donors (Lipinski definition) is 0. The molecule has 0 saturated heterocycles. The standard InChI is InChI=1S/C14H10ClNS/c1-9-13(15)17-14(16-9)12-8-4-6-10-5-2-3-7-11(10)12/h2-8H,1H3. The first-order valence-electron chi connectivity index (χ1n) is 5.37. The van der Waals surface area contributed by atoms with Crippen molar-refractivity contribution in [3.63, 3.8) is 0 Å². The van der Waals surface area contributed by atoms with E-state index in [2.05, 4.69) is 35.3 Å². The summed E-state index contributed by atoms with van der Waals surface area (Å²) in [7, 11) is 0. The van der Waals surface area contributed by atoms with Crippen LogP contribution in [0.25, 0.3) is 21.3 Å². The summed E-state index contributed by atoms with van der Waals surface area (Å²) in [5, 5.41) is 3.44. The largest absolute Gasteiger partial charge is 0.240 e. The summed E-state index contributed by atoms with van der Waals surface area (Å²) in [4.78, 5) is 4.52. The molecular formula is C14H10ClNS. The van der Waals surface area contributed by atoms with Crippen molar-refractivity contribution < 1.29 is 0 Å². The van der Waals surface area contributed by atoms with Gasteiger partial charge in [-0.1, -0.05) is 54.1 Å². The maximum atomic E-state index is 6.09. The third kappa shape index (κ3) is 1.84. The first kappa shape index (κ1) is 10.8. The molecule has 0 fully saturated rings. The van der Waals surface area contributed by atoms with Crippen LogP contribution in [-0.2, 0) is 0 Å². The van der Waals surface area contributed by atoms with Crippen LogP contribution in [0.1, 0.15) is 5.69 Å². The molecule has 0 atom stereocenters. The van der Waals surface area contributed by atoms with Crippen LogP contribution in [-0.4, -0.2) is 4.98 Å². The van der Waals surface area contributed by atoms with E-state index in [0.717, 1.165) is 20.6 Å². The smallest absolute Gasteiger partial charge is 0.125 e. The van der Waals surface area contributed by atoms with Crippen LogP contribution in [0.4, 0.5) is 0 Å². The number of benzene rings is 2. The van der Waals surface area contributed by atoms with Gasteiger partial charge in [0.25, 0.3) is 0 Å². The van der Waals surface area contributed by atoms with E-state index in [9.17, 15) is 0 Å². The predicted molar refractivity (Wildman–Crippen MR) is 74.8 cm³/mol. The lowest BCUT2D eigenvalue weighted by atomic mass is 10.1. The molecule has 0 bridgehead atoms. The Balaban J connectivity index is 2.30. The maximum absolute atomic E-state index is 6.09. The number of thiazole rings is 1. The zero-order valence-corrected chi connectivity index (χ0v) is 10.8. The lowest BCUT2D eigenvalue weighted by molar-refractivity contribution is 1.27. The van der Waals surface area contributed by atoms with Gasteiger partial charge in [-0.25, -0.2) is 4.98 Å². The highest BCUT2D eigenvalue weighted by atomic mass is 35.5. The average molecular weight is 260 g/mol. The van der Waals surface area contributed by atoms with E-state index in [1.165, 1.54) is 22.1 Å². The van der Waals surface area contributed by atoms with Crippen molar-refractivity contribution in [3.05, 3.63) is 52.5 Å². The maximum Gasteiger partial charge on any atom is 0.125 e. The second kappa shape index (κ2) is 4.13. The fourth-order valence-corrected chi connectivity index (χ4v) is 3.00. The van der Waals surface area contributed by atoms with E-state index in [1.807, 2.05) is 19.1 Å². The van der Waals surface area contributed by atoms with Crippen molar-refractivity contribution in [1.29, 1.82) is 0 Å². The lowest BCUT2D eigenvalue weighted by Crippen LogP contribution is -1.80. The van der Waals surface area contributed by atoms with E-state index in [0.29, 0.717) is 0 Å². The van der Waals surface area contributed by atoms with E-state index < -0.39 is 0 Å². The quantitative estimate of drug-likeness (QED) is 0.604. The number of fused-ring (bicyclic) bond motifs is 1. The molecule has 0 radical (unpaired) electrons. The fourth-order valence-electron chi connectivity index (χ4n) is 1.90. The molecule has 84 valence electrons. The SMILES string of the molecule is Cc1nc(-c2cccc3ccccc23)sc1Cl. The first-order valence-corrected chi connectivity index (χ1v) is 6.56. The van der Waals surface area contributed by atoms with Crippen LogP contribution in [0, 0.1) is 6.92 Å². The summed E-state index contributed by atoms with van der Waals surface area (Å²) in [5.74, 6) is 0. The van der Waals surface area contributed by atoms with Crippen LogP contribution >= 0.6 is 22.9 Å². The second-order valence-corrected chi connectivity index (χ2v) is 5.51. The molecule has 1 nitrogen and oxygen atoms in total. The number of halogens is 1. The highest BCUT2D eigenvalue weighted by molar-refractivity contribution is 7.19. The third-order valence-corrected chi connectivity index (χ3v) is 4.24. The molecule has 2 aromatic carbocycles. The summed E-state index contributed by atoms with van der Waals surface area (Å²) in [6, 6.07) is 14.6. The minimum absolute atomic E-state index is 0.771. The van der Waals surface area contributed by atoms with E-state index in [-0.39, 0.29) is 0 Å². The van der Waals surface area contributed by atoms with Gasteiger partial charge in [-0.05, 0) is 17.7 Å². The second-order valence-electron chi connectivity index (χ2n) is 3.90. The zero-order valence-electron chi connectivity index (χ0n) is 9.27. The minimum atomic E-state index is 0.771. The van der Waals surface area contributed by atoms with Crippen LogP contribution in [0.3, 0.4) is 0 Å². The number of hydrogen-bond acceptors (Lipinski definition) is 2. The molecule has 3 rings (SSSR count). The summed E-state index contributed by atoms with van der Waals surface area (Å²) < 4.78 is 0.771. The van der Waals surface area contributed by atoms with Gasteiger partial charge in [0.05, 0.1) is 5.69 Å². The van der Waals surface area contributed by atoms with Crippen molar-refractivity contribution in [3.8, 4) is 10.6 Å². The van der Waals surface area contributed by atoms with Crippen molar-refractivity contribution >= 4 is 33.7 Å². The molecule has 3 heteroatoms. The van der Waals surface area contributed by atoms with Gasteiger partial charge >= 0.3 is 0 Å². The van der Waals surface area contributed by atoms with E-state index in [1.54, 1.807) is 0 Å². The fraction of sp³-hybridized carbons (Fsp3) is 0.0714. The molecule has 0 amide bonds. The Morgan fingerprint density at radius 3 is 2.59 bits per heavy atom. The summed E-state index contributed by atoms with van der Waals surface area (Å²) in [6.07, 6.45) is 0. The molecule has 0 unspecified atom stereocenters. The zero-order chi connectivity index (χ0) is 11.8. The molecule has 0 aliphatic carbocycles. The first-order chi connectivity index (χ1) is 8.25. The molecule has 0 aliphatic heterocycles. The van der Waals surface area contributed by atoms with Gasteiger partial charge in [-0.15, -0.1) is 11.3 Å². The van der Waals surface area contributed by atoms with Crippen molar-refractivity contribution in [2.24, 2.45) is 0 Å². The molecule has 0 N–H and O–H groups in total. The number of rotatable bonds is 1. The van der Waals surface area contributed by atoms with E-state index in [4.69, 9.17) is 11.6 Å². The Morgan fingerprint density at radius 1 is 1.06 bits per heavy atom. The lowest BCUT2D eigenvalue weighted by Gasteiger charge is -2.02. The Bertz CT molecular complexity index is 663. The topological polar surface area (TPSA) is 12.9 Å². The van der Waals surface area contributed by atoms with Gasteiger partial charge < -0.3 is 0 Å². The number of aromatic nitrogens is 1. The molecular weight excluding hydrogens is 250 g/mol. The van der Waals surface area contributed by atoms with Gasteiger partial charge in [-0.3, -0.25) is 0 Å². The number of aryl methyl sites for hydroxylation is 1. The molecule has 17 heavy (non-hydrogen) atoms. The van der Waals surface area contributed by atoms with Crippen molar-refractivity contribution in [2.45, 2.75) is 6.92 Å². The normalized spacial score (nSPS) is 10.9. The van der Waals surface area contributed by atoms with Gasteiger partial charge in [0.15, 0.2) is 0 Å². The van der Waals surface area contributed by atoms with Crippen LogP contribution in [0.5, 0.6) is 0 Å². The molecule has 0 aliphatic rings. The van der Waals surface area contributed by atoms with Crippen LogP contribution < -0.4 is 0 Å². The highest BCUT2D eigenvalue weighted by Gasteiger charge is 2.09. The Labute approximate surface area is 109 Å². The molecule has 0 saturated carbocycles. The number of nitrogens with zero attached hydrogens (tertiary/aromatic N) is 1. The van der Waals surface area contributed by atoms with Gasteiger partial charge in [0.1, 0.15) is 9.34 Å². The highest BCUT2D eigenvalue weighted by Crippen LogP contribution is 2.35. The Morgan fingerprint density at radius 2 is 1.82 bits per heavy atom. The average Bonchev–Trinajstić information content (AvgIpc) is 2.69. The Hall–Kier alpha value is -1.38.